The van der Waals surface area contributed by atoms with Crippen LogP contribution in [0.5, 0.6) is 0 Å². The average Bonchev–Trinajstić information content (AvgIpc) is 2.24. The van der Waals surface area contributed by atoms with E-state index in [0.29, 0.717) is 5.41 Å². The molecule has 1 saturated heterocycles. The van der Waals surface area contributed by atoms with Crippen molar-refractivity contribution in [2.24, 2.45) is 5.92 Å². The van der Waals surface area contributed by atoms with Crippen molar-refractivity contribution in [3.63, 3.8) is 0 Å². The molecule has 0 aliphatic carbocycles. The first-order valence-corrected chi connectivity index (χ1v) is 6.03. The Morgan fingerprint density at radius 3 is 2.40 bits per heavy atom. The van der Waals surface area contributed by atoms with E-state index in [9.17, 15) is 0 Å². The predicted octanol–water partition coefficient (Wildman–Crippen LogP) is 2.96. The van der Waals surface area contributed by atoms with E-state index < -0.39 is 0 Å². The number of nitrogens with one attached hydrogen (secondary N) is 1. The molecule has 1 aromatic carbocycles. The van der Waals surface area contributed by atoms with Crippen LogP contribution in [-0.4, -0.2) is 13.1 Å². The summed E-state index contributed by atoms with van der Waals surface area (Å²) in [5, 5.41) is 3.43. The first-order chi connectivity index (χ1) is 7.27. The van der Waals surface area contributed by atoms with Crippen molar-refractivity contribution in [1.82, 2.24) is 5.32 Å². The third-order valence-corrected chi connectivity index (χ3v) is 3.75. The quantitative estimate of drug-likeness (QED) is 0.793. The molecular formula is C14H21N. The molecule has 15 heavy (non-hydrogen) atoms. The molecule has 1 aliphatic heterocycles. The van der Waals surface area contributed by atoms with Crippen LogP contribution in [0.4, 0.5) is 0 Å². The molecule has 1 N–H and O–H groups in total. The van der Waals surface area contributed by atoms with E-state index in [-0.39, 0.29) is 0 Å². The van der Waals surface area contributed by atoms with Crippen LogP contribution < -0.4 is 5.32 Å². The van der Waals surface area contributed by atoms with Crippen LogP contribution >= 0.6 is 0 Å². The molecule has 1 aromatic rings. The smallest absolute Gasteiger partial charge is 0.0205 e. The third kappa shape index (κ3) is 2.07. The zero-order valence-electron chi connectivity index (χ0n) is 9.79. The van der Waals surface area contributed by atoms with Gasteiger partial charge in [-0.2, -0.15) is 0 Å². The van der Waals surface area contributed by atoms with Gasteiger partial charge in [-0.1, -0.05) is 50.6 Å². The molecule has 1 atom stereocenters. The van der Waals surface area contributed by atoms with Crippen molar-refractivity contribution in [3.05, 3.63) is 35.9 Å². The maximum Gasteiger partial charge on any atom is 0.0205 e. The van der Waals surface area contributed by atoms with Crippen LogP contribution in [0.1, 0.15) is 32.3 Å². The lowest BCUT2D eigenvalue weighted by Gasteiger charge is -2.45. The summed E-state index contributed by atoms with van der Waals surface area (Å²) in [7, 11) is 0. The number of benzene rings is 1. The standard InChI is InChI=1S/C14H21N/c1-3-12(2)9-14(10-15-11-14)13-7-5-4-6-8-13/h4-8,12,15H,3,9-11H2,1-2H3. The zero-order chi connectivity index (χ0) is 10.7. The Hall–Kier alpha value is -0.820. The van der Waals surface area contributed by atoms with Gasteiger partial charge in [0.25, 0.3) is 0 Å². The number of rotatable bonds is 4. The van der Waals surface area contributed by atoms with E-state index in [1.807, 2.05) is 0 Å². The summed E-state index contributed by atoms with van der Waals surface area (Å²) in [5.41, 5.74) is 1.94. The van der Waals surface area contributed by atoms with Gasteiger partial charge in [0.2, 0.25) is 0 Å². The van der Waals surface area contributed by atoms with Gasteiger partial charge < -0.3 is 5.32 Å². The molecule has 1 aliphatic rings. The first-order valence-electron chi connectivity index (χ1n) is 6.03. The summed E-state index contributed by atoms with van der Waals surface area (Å²) >= 11 is 0. The van der Waals surface area contributed by atoms with Gasteiger partial charge in [0.1, 0.15) is 0 Å². The van der Waals surface area contributed by atoms with Crippen LogP contribution in [0.3, 0.4) is 0 Å². The summed E-state index contributed by atoms with van der Waals surface area (Å²) in [6.07, 6.45) is 2.61. The Bertz CT molecular complexity index is 300. The molecule has 1 unspecified atom stereocenters. The van der Waals surface area contributed by atoms with Crippen LogP contribution in [0.2, 0.25) is 0 Å². The van der Waals surface area contributed by atoms with Gasteiger partial charge in [0.15, 0.2) is 0 Å². The first kappa shape index (κ1) is 10.7. The van der Waals surface area contributed by atoms with E-state index in [1.165, 1.54) is 18.4 Å². The summed E-state index contributed by atoms with van der Waals surface area (Å²) in [4.78, 5) is 0. The summed E-state index contributed by atoms with van der Waals surface area (Å²) in [6.45, 7) is 6.96. The Balaban J connectivity index is 2.15. The molecule has 0 bridgehead atoms. The van der Waals surface area contributed by atoms with Gasteiger partial charge in [-0.05, 0) is 17.9 Å². The van der Waals surface area contributed by atoms with Gasteiger partial charge in [-0.15, -0.1) is 0 Å². The topological polar surface area (TPSA) is 12.0 Å². The number of hydrogen-bond donors (Lipinski definition) is 1. The normalized spacial score (nSPS) is 20.7. The Labute approximate surface area is 92.9 Å². The Kier molecular flexibility index (Phi) is 3.11. The van der Waals surface area contributed by atoms with Gasteiger partial charge in [0.05, 0.1) is 0 Å². The van der Waals surface area contributed by atoms with E-state index in [0.717, 1.165) is 19.0 Å². The summed E-state index contributed by atoms with van der Waals surface area (Å²) < 4.78 is 0. The second kappa shape index (κ2) is 4.36. The lowest BCUT2D eigenvalue weighted by atomic mass is 9.69. The maximum absolute atomic E-state index is 3.43. The lowest BCUT2D eigenvalue weighted by Crippen LogP contribution is -2.57. The summed E-state index contributed by atoms with van der Waals surface area (Å²) in [5.74, 6) is 0.826. The van der Waals surface area contributed by atoms with Crippen molar-refractivity contribution in [2.75, 3.05) is 13.1 Å². The van der Waals surface area contributed by atoms with Crippen LogP contribution in [0.25, 0.3) is 0 Å². The van der Waals surface area contributed by atoms with Crippen LogP contribution in [0.15, 0.2) is 30.3 Å². The monoisotopic (exact) mass is 203 g/mol. The van der Waals surface area contributed by atoms with Crippen molar-refractivity contribution in [2.45, 2.75) is 32.1 Å². The second-order valence-electron chi connectivity index (χ2n) is 4.97. The minimum absolute atomic E-state index is 0.427. The fourth-order valence-electron chi connectivity index (χ4n) is 2.50. The largest absolute Gasteiger partial charge is 0.315 e. The third-order valence-electron chi connectivity index (χ3n) is 3.75. The van der Waals surface area contributed by atoms with Crippen LogP contribution in [-0.2, 0) is 5.41 Å². The highest BCUT2D eigenvalue weighted by molar-refractivity contribution is 5.29. The Morgan fingerprint density at radius 2 is 1.93 bits per heavy atom. The van der Waals surface area contributed by atoms with E-state index in [1.54, 1.807) is 0 Å². The molecule has 82 valence electrons. The molecule has 0 spiro atoms. The summed E-state index contributed by atoms with van der Waals surface area (Å²) in [6, 6.07) is 11.0. The molecule has 1 heterocycles. The fourth-order valence-corrected chi connectivity index (χ4v) is 2.50. The molecule has 0 radical (unpaired) electrons. The molecule has 0 saturated carbocycles. The molecule has 0 aromatic heterocycles. The van der Waals surface area contributed by atoms with Crippen LogP contribution in [0, 0.1) is 5.92 Å². The predicted molar refractivity (Wildman–Crippen MR) is 65.1 cm³/mol. The van der Waals surface area contributed by atoms with Crippen molar-refractivity contribution in [1.29, 1.82) is 0 Å². The molecule has 1 heteroatoms. The molecule has 0 amide bonds. The zero-order valence-corrected chi connectivity index (χ0v) is 9.79. The highest BCUT2D eigenvalue weighted by atomic mass is 15.0. The van der Waals surface area contributed by atoms with Gasteiger partial charge in [-0.25, -0.2) is 0 Å². The van der Waals surface area contributed by atoms with E-state index in [4.69, 9.17) is 0 Å². The highest BCUT2D eigenvalue weighted by Gasteiger charge is 2.38. The maximum atomic E-state index is 3.43. The molecule has 1 fully saturated rings. The fraction of sp³-hybridized carbons (Fsp3) is 0.571. The molecule has 1 nitrogen and oxygen atoms in total. The van der Waals surface area contributed by atoms with Gasteiger partial charge in [-0.3, -0.25) is 0 Å². The van der Waals surface area contributed by atoms with Crippen molar-refractivity contribution >= 4 is 0 Å². The SMILES string of the molecule is CCC(C)CC1(c2ccccc2)CNC1. The minimum atomic E-state index is 0.427. The van der Waals surface area contributed by atoms with Gasteiger partial charge >= 0.3 is 0 Å². The lowest BCUT2D eigenvalue weighted by molar-refractivity contribution is 0.221. The second-order valence-corrected chi connectivity index (χ2v) is 4.97. The van der Waals surface area contributed by atoms with E-state index in [2.05, 4.69) is 49.5 Å². The Morgan fingerprint density at radius 1 is 1.27 bits per heavy atom. The molecule has 2 rings (SSSR count). The number of hydrogen-bond acceptors (Lipinski definition) is 1. The highest BCUT2D eigenvalue weighted by Crippen LogP contribution is 2.35. The molecular weight excluding hydrogens is 182 g/mol. The van der Waals surface area contributed by atoms with E-state index >= 15 is 0 Å². The van der Waals surface area contributed by atoms with Gasteiger partial charge in [0, 0.05) is 18.5 Å². The van der Waals surface area contributed by atoms with Crippen molar-refractivity contribution in [3.8, 4) is 0 Å². The average molecular weight is 203 g/mol. The minimum Gasteiger partial charge on any atom is -0.315 e. The van der Waals surface area contributed by atoms with Crippen molar-refractivity contribution < 1.29 is 0 Å².